The Morgan fingerprint density at radius 2 is 1.75 bits per heavy atom. The predicted molar refractivity (Wildman–Crippen MR) is 85.3 cm³/mol. The Labute approximate surface area is 126 Å². The van der Waals surface area contributed by atoms with Crippen LogP contribution in [0.15, 0.2) is 60.3 Å². The van der Waals surface area contributed by atoms with Crippen LogP contribution in [0.5, 0.6) is 0 Å². The van der Waals surface area contributed by atoms with Crippen LogP contribution in [0.2, 0.25) is 1.41 Å². The number of nitrogens with one attached hydrogen (secondary N) is 1. The summed E-state index contributed by atoms with van der Waals surface area (Å²) in [6.45, 7) is 1.51. The van der Waals surface area contributed by atoms with E-state index in [0.29, 0.717) is 5.70 Å². The monoisotopic (exact) mass is 268 g/mol. The highest BCUT2D eigenvalue weighted by Crippen LogP contribution is 2.33. The minimum Gasteiger partial charge on any atom is -0.363 e. The van der Waals surface area contributed by atoms with E-state index in [4.69, 9.17) is 5.52 Å². The zero-order valence-corrected chi connectivity index (χ0v) is 11.7. The Morgan fingerprint density at radius 1 is 1.05 bits per heavy atom. The van der Waals surface area contributed by atoms with E-state index in [-0.39, 0.29) is 0 Å². The van der Waals surface area contributed by atoms with Gasteiger partial charge in [0.05, 0.1) is 5.70 Å². The number of anilines is 1. The summed E-state index contributed by atoms with van der Waals surface area (Å²) < 4.78 is 32.4. The summed E-state index contributed by atoms with van der Waals surface area (Å²) in [7, 11) is 0. The van der Waals surface area contributed by atoms with Crippen LogP contribution in [0.25, 0.3) is 5.70 Å². The second-order valence-corrected chi connectivity index (χ2v) is 4.96. The first kappa shape index (κ1) is 8.85. The Morgan fingerprint density at radius 3 is 2.45 bits per heavy atom. The predicted octanol–water partition coefficient (Wildman–Crippen LogP) is 4.14. The molecule has 0 amide bonds. The zero-order valence-electron chi connectivity index (χ0n) is 15.7. The second-order valence-electron chi connectivity index (χ2n) is 4.96. The van der Waals surface area contributed by atoms with E-state index >= 15 is 0 Å². The average molecular weight is 268 g/mol. The normalized spacial score (nSPS) is 22.4. The van der Waals surface area contributed by atoms with Crippen LogP contribution in [0.3, 0.4) is 0 Å². The number of para-hydroxylation sites is 1. The van der Waals surface area contributed by atoms with Gasteiger partial charge in [-0.25, -0.2) is 0 Å². The van der Waals surface area contributed by atoms with Gasteiger partial charge < -0.3 is 10.2 Å². The van der Waals surface area contributed by atoms with Gasteiger partial charge in [0.15, 0.2) is 1.41 Å². The largest absolute Gasteiger partial charge is 0.363 e. The van der Waals surface area contributed by atoms with Gasteiger partial charge in [0.25, 0.3) is 0 Å². The molecule has 2 aromatic rings. The third-order valence-corrected chi connectivity index (χ3v) is 3.62. The molecule has 0 radical (unpaired) electrons. The van der Waals surface area contributed by atoms with Gasteiger partial charge >= 0.3 is 0 Å². The van der Waals surface area contributed by atoms with Gasteiger partial charge in [-0.05, 0) is 37.9 Å². The average Bonchev–Trinajstić information content (AvgIpc) is 2.79. The first-order chi connectivity index (χ1) is 11.3. The number of rotatable bonds is 2. The molecule has 1 N–H and O–H groups in total. The topological polar surface area (TPSA) is 15.3 Å². The lowest BCUT2D eigenvalue weighted by atomic mass is 10.1. The summed E-state index contributed by atoms with van der Waals surface area (Å²) >= 11 is 0. The van der Waals surface area contributed by atoms with Crippen molar-refractivity contribution in [3.63, 3.8) is 0 Å². The van der Waals surface area contributed by atoms with Crippen LogP contribution in [0.4, 0.5) is 5.69 Å². The van der Waals surface area contributed by atoms with Crippen molar-refractivity contribution in [2.75, 3.05) is 4.90 Å². The quantitative estimate of drug-likeness (QED) is 0.880. The van der Waals surface area contributed by atoms with E-state index in [0.717, 1.165) is 27.8 Å². The molecule has 0 saturated heterocycles. The van der Waals surface area contributed by atoms with Gasteiger partial charge in [0.1, 0.15) is 6.17 Å². The van der Waals surface area contributed by atoms with Gasteiger partial charge in [0, 0.05) is 15.5 Å². The molecule has 0 spiro atoms. The second kappa shape index (κ2) is 5.04. The third-order valence-electron chi connectivity index (χ3n) is 3.62. The number of allylic oxidation sites excluding steroid dienone is 1. The van der Waals surface area contributed by atoms with E-state index in [1.165, 1.54) is 0 Å². The molecule has 2 aromatic carbocycles. The van der Waals surface area contributed by atoms with E-state index in [1.807, 2.05) is 68.4 Å². The third kappa shape index (κ3) is 2.07. The van der Waals surface area contributed by atoms with E-state index in [2.05, 4.69) is 0 Å². The summed E-state index contributed by atoms with van der Waals surface area (Å²) in [5.41, 5.74) is 4.04. The molecule has 0 fully saturated rings. The molecule has 0 aliphatic carbocycles. The molecule has 3 rings (SSSR count). The van der Waals surface area contributed by atoms with Crippen molar-refractivity contribution in [2.24, 2.45) is 0 Å². The van der Waals surface area contributed by atoms with Crippen molar-refractivity contribution in [3.8, 4) is 0 Å². The van der Waals surface area contributed by atoms with Crippen molar-refractivity contribution in [2.45, 2.75) is 26.9 Å². The highest BCUT2D eigenvalue weighted by molar-refractivity contribution is 5.76. The van der Waals surface area contributed by atoms with Gasteiger partial charge in [-0.15, -0.1) is 0 Å². The highest BCUT2D eigenvalue weighted by Gasteiger charge is 2.27. The summed E-state index contributed by atoms with van der Waals surface area (Å²) in [5, 5.41) is 1.13. The molecule has 1 aliphatic heterocycles. The number of aryl methyl sites for hydroxylation is 1. The fourth-order valence-corrected chi connectivity index (χ4v) is 2.60. The molecule has 20 heavy (non-hydrogen) atoms. The molecular weight excluding hydrogens is 244 g/mol. The molecule has 1 aliphatic rings. The fourth-order valence-electron chi connectivity index (χ4n) is 2.60. The minimum absolute atomic E-state index is 0.625. The van der Waals surface area contributed by atoms with E-state index in [1.54, 1.807) is 4.90 Å². The maximum Gasteiger partial charge on any atom is 0.162 e. The van der Waals surface area contributed by atoms with Crippen molar-refractivity contribution in [1.29, 1.82) is 0 Å². The Hall–Kier alpha value is -2.22. The van der Waals surface area contributed by atoms with Crippen LogP contribution < -0.4 is 10.2 Å². The van der Waals surface area contributed by atoms with Crippen molar-refractivity contribution in [1.82, 2.24) is 5.31 Å². The van der Waals surface area contributed by atoms with Crippen LogP contribution >= 0.6 is 0 Å². The standard InChI is InChI=1S/C18H20N2/c1-13-9-7-8-12-17(13)20-14(2)18(19-15(20)3)16-10-5-4-6-11-16/h4-12,15,19H,1-3H3/i3D3/hD. The van der Waals surface area contributed by atoms with Crippen LogP contribution in [0, 0.1) is 6.92 Å². The van der Waals surface area contributed by atoms with Gasteiger partial charge in [-0.3, -0.25) is 0 Å². The minimum atomic E-state index is -2.32. The molecular formula is C18H20N2. The van der Waals surface area contributed by atoms with Crippen LogP contribution in [0.1, 0.15) is 29.0 Å². The molecule has 1 heterocycles. The number of benzene rings is 2. The molecule has 1 unspecified atom stereocenters. The first-order valence-electron chi connectivity index (χ1n) is 8.66. The Kier molecular flexibility index (Phi) is 2.23. The number of hydrogen-bond donors (Lipinski definition) is 1. The summed E-state index contributed by atoms with van der Waals surface area (Å²) in [5.74, 6) is 0. The zero-order chi connectivity index (χ0) is 17.5. The first-order valence-corrected chi connectivity index (χ1v) is 6.71. The van der Waals surface area contributed by atoms with Gasteiger partial charge in [0.2, 0.25) is 0 Å². The molecule has 102 valence electrons. The van der Waals surface area contributed by atoms with Crippen LogP contribution in [-0.2, 0) is 0 Å². The van der Waals surface area contributed by atoms with Gasteiger partial charge in [-0.1, -0.05) is 48.5 Å². The smallest absolute Gasteiger partial charge is 0.162 e. The lowest BCUT2D eigenvalue weighted by molar-refractivity contribution is 0.681. The Bertz CT molecular complexity index is 768. The lowest BCUT2D eigenvalue weighted by Gasteiger charge is -2.26. The molecule has 2 heteroatoms. The summed E-state index contributed by atoms with van der Waals surface area (Å²) in [6.07, 6.45) is -1.05. The van der Waals surface area contributed by atoms with Crippen LogP contribution in [-0.4, -0.2) is 6.17 Å². The highest BCUT2D eigenvalue weighted by atomic mass is 15.3. The SMILES string of the molecule is [2H]N1C(c2ccccc2)=C(C)N(c2ccccc2C)C1C([2H])([2H])[2H]. The summed E-state index contributed by atoms with van der Waals surface area (Å²) in [6, 6.07) is 17.2. The number of hydrogen-bond acceptors (Lipinski definition) is 2. The van der Waals surface area contributed by atoms with E-state index < -0.39 is 13.0 Å². The molecule has 0 saturated carbocycles. The molecule has 0 bridgehead atoms. The van der Waals surface area contributed by atoms with Gasteiger partial charge in [-0.2, -0.15) is 0 Å². The summed E-state index contributed by atoms with van der Waals surface area (Å²) in [4.78, 5) is 1.76. The molecule has 0 aromatic heterocycles. The lowest BCUT2D eigenvalue weighted by Crippen LogP contribution is -2.34. The van der Waals surface area contributed by atoms with Crippen molar-refractivity contribution < 1.29 is 5.52 Å². The maximum absolute atomic E-state index is 8.49. The molecule has 1 atom stereocenters. The van der Waals surface area contributed by atoms with Crippen molar-refractivity contribution >= 4 is 11.4 Å². The van der Waals surface area contributed by atoms with E-state index in [9.17, 15) is 0 Å². The maximum atomic E-state index is 8.49. The van der Waals surface area contributed by atoms with Crippen molar-refractivity contribution in [3.05, 3.63) is 71.4 Å². The fraction of sp³-hybridized carbons (Fsp3) is 0.222. The number of nitrogens with zero attached hydrogens (tertiary/aromatic N) is 1. The Balaban J connectivity index is 2.19. The molecule has 2 nitrogen and oxygen atoms in total.